The van der Waals surface area contributed by atoms with Gasteiger partial charge in [-0.2, -0.15) is 0 Å². The average molecular weight is 427 g/mol. The summed E-state index contributed by atoms with van der Waals surface area (Å²) >= 11 is 0. The van der Waals surface area contributed by atoms with E-state index >= 15 is 0 Å². The van der Waals surface area contributed by atoms with Gasteiger partial charge in [0.25, 0.3) is 0 Å². The molecular formula is C26H34O5. The van der Waals surface area contributed by atoms with Crippen LogP contribution in [-0.2, 0) is 10.4 Å². The first kappa shape index (κ1) is 24.6. The first-order chi connectivity index (χ1) is 14.9. The van der Waals surface area contributed by atoms with E-state index in [4.69, 9.17) is 5.11 Å². The molecule has 31 heavy (non-hydrogen) atoms. The fourth-order valence-electron chi connectivity index (χ4n) is 4.28. The zero-order valence-electron chi connectivity index (χ0n) is 18.3. The molecule has 2 rings (SSSR count). The Balaban J connectivity index is 2.08. The van der Waals surface area contributed by atoms with E-state index in [-0.39, 0.29) is 17.9 Å². The van der Waals surface area contributed by atoms with E-state index in [0.717, 1.165) is 56.9 Å². The first-order valence-electron chi connectivity index (χ1n) is 11.2. The highest BCUT2D eigenvalue weighted by Crippen LogP contribution is 2.41. The van der Waals surface area contributed by atoms with E-state index < -0.39 is 17.5 Å². The molecule has 0 aliphatic heterocycles. The molecule has 0 fully saturated rings. The summed E-state index contributed by atoms with van der Waals surface area (Å²) in [7, 11) is 0. The van der Waals surface area contributed by atoms with Crippen molar-refractivity contribution in [2.75, 3.05) is 0 Å². The number of hydrogen-bond acceptors (Lipinski definition) is 3. The molecule has 2 atom stereocenters. The third kappa shape index (κ3) is 6.93. The molecule has 0 saturated carbocycles. The molecule has 5 nitrogen and oxygen atoms in total. The number of carboxylic acid groups (broad SMARTS) is 2. The van der Waals surface area contributed by atoms with Crippen molar-refractivity contribution in [3.63, 3.8) is 0 Å². The lowest BCUT2D eigenvalue weighted by atomic mass is 9.72. The standard InChI is InChI=1S/C26H34O5/c1-2-21(12-8-5-3-4-6-11-15-24(27)28)26(31,22-13-9-7-10-14-22)23-18-16-20(17-19-23)25(29)30/h7,9-10,13-14,16-19,21,31H,2-6,8,11-12,15H2,1H3,(H,27,28)(H,29,30). The normalized spacial score (nSPS) is 14.0. The topological polar surface area (TPSA) is 94.8 Å². The van der Waals surface area contributed by atoms with Gasteiger partial charge in [0.2, 0.25) is 0 Å². The molecule has 5 heteroatoms. The predicted molar refractivity (Wildman–Crippen MR) is 121 cm³/mol. The summed E-state index contributed by atoms with van der Waals surface area (Å²) in [5, 5.41) is 29.9. The van der Waals surface area contributed by atoms with E-state index in [2.05, 4.69) is 6.92 Å². The molecule has 168 valence electrons. The molecule has 0 heterocycles. The SMILES string of the molecule is CCC(CCCCCCCCC(=O)O)C(O)(c1ccccc1)c1ccc(C(=O)O)cc1. The molecule has 0 radical (unpaired) electrons. The van der Waals surface area contributed by atoms with Crippen LogP contribution in [0.15, 0.2) is 54.6 Å². The van der Waals surface area contributed by atoms with E-state index in [9.17, 15) is 19.8 Å². The maximum atomic E-state index is 12.0. The van der Waals surface area contributed by atoms with Crippen LogP contribution in [0.1, 0.15) is 86.2 Å². The van der Waals surface area contributed by atoms with Crippen molar-refractivity contribution in [3.8, 4) is 0 Å². The van der Waals surface area contributed by atoms with Crippen LogP contribution in [0.4, 0.5) is 0 Å². The summed E-state index contributed by atoms with van der Waals surface area (Å²) in [5.41, 5.74) is 0.548. The zero-order chi connectivity index (χ0) is 22.7. The van der Waals surface area contributed by atoms with Crippen molar-refractivity contribution in [3.05, 3.63) is 71.3 Å². The molecule has 0 spiro atoms. The predicted octanol–water partition coefficient (Wildman–Crippen LogP) is 5.85. The summed E-state index contributed by atoms with van der Waals surface area (Å²) in [4.78, 5) is 21.8. The van der Waals surface area contributed by atoms with Gasteiger partial charge in [-0.05, 0) is 48.4 Å². The minimum Gasteiger partial charge on any atom is -0.481 e. The maximum Gasteiger partial charge on any atom is 0.335 e. The molecule has 2 unspecified atom stereocenters. The van der Waals surface area contributed by atoms with Crippen molar-refractivity contribution in [1.82, 2.24) is 0 Å². The lowest BCUT2D eigenvalue weighted by molar-refractivity contribution is -0.137. The second kappa shape index (κ2) is 12.3. The fraction of sp³-hybridized carbons (Fsp3) is 0.462. The molecule has 0 aliphatic carbocycles. The number of unbranched alkanes of at least 4 members (excludes halogenated alkanes) is 5. The smallest absolute Gasteiger partial charge is 0.335 e. The minimum absolute atomic E-state index is 0.00223. The van der Waals surface area contributed by atoms with Crippen LogP contribution in [0.5, 0.6) is 0 Å². The molecule has 0 bridgehead atoms. The Morgan fingerprint density at radius 1 is 0.806 bits per heavy atom. The summed E-state index contributed by atoms with van der Waals surface area (Å²) in [6.07, 6.45) is 7.69. The van der Waals surface area contributed by atoms with E-state index in [0.29, 0.717) is 5.56 Å². The summed E-state index contributed by atoms with van der Waals surface area (Å²) < 4.78 is 0. The molecule has 0 aromatic heterocycles. The van der Waals surface area contributed by atoms with Gasteiger partial charge >= 0.3 is 11.9 Å². The van der Waals surface area contributed by atoms with Gasteiger partial charge in [0.05, 0.1) is 5.56 Å². The number of aliphatic hydroxyl groups is 1. The number of rotatable bonds is 14. The highest BCUT2D eigenvalue weighted by molar-refractivity contribution is 5.87. The molecule has 0 amide bonds. The Bertz CT molecular complexity index is 815. The van der Waals surface area contributed by atoms with Gasteiger partial charge in [0, 0.05) is 6.42 Å². The zero-order valence-corrected chi connectivity index (χ0v) is 18.3. The fourth-order valence-corrected chi connectivity index (χ4v) is 4.28. The largest absolute Gasteiger partial charge is 0.481 e. The Kier molecular flexibility index (Phi) is 9.73. The van der Waals surface area contributed by atoms with Crippen molar-refractivity contribution in [1.29, 1.82) is 0 Å². The number of hydrogen-bond donors (Lipinski definition) is 3. The van der Waals surface area contributed by atoms with Crippen LogP contribution < -0.4 is 0 Å². The number of benzene rings is 2. The van der Waals surface area contributed by atoms with Gasteiger partial charge in [-0.15, -0.1) is 0 Å². The number of carboxylic acids is 2. The first-order valence-corrected chi connectivity index (χ1v) is 11.2. The van der Waals surface area contributed by atoms with Gasteiger partial charge < -0.3 is 15.3 Å². The number of aliphatic carboxylic acids is 1. The third-order valence-electron chi connectivity index (χ3n) is 6.06. The van der Waals surface area contributed by atoms with Gasteiger partial charge in [-0.25, -0.2) is 4.79 Å². The Hall–Kier alpha value is -2.66. The Morgan fingerprint density at radius 2 is 1.35 bits per heavy atom. The van der Waals surface area contributed by atoms with Gasteiger partial charge in [0.1, 0.15) is 5.60 Å². The lowest BCUT2D eigenvalue weighted by Crippen LogP contribution is -2.36. The quantitative estimate of drug-likeness (QED) is 0.329. The summed E-state index contributed by atoms with van der Waals surface area (Å²) in [6, 6.07) is 16.1. The Morgan fingerprint density at radius 3 is 1.90 bits per heavy atom. The number of aromatic carboxylic acids is 1. The minimum atomic E-state index is -1.19. The van der Waals surface area contributed by atoms with Crippen molar-refractivity contribution in [2.24, 2.45) is 5.92 Å². The Labute approximate surface area is 184 Å². The van der Waals surface area contributed by atoms with Crippen LogP contribution in [0.25, 0.3) is 0 Å². The van der Waals surface area contributed by atoms with Gasteiger partial charge in [0.15, 0.2) is 0 Å². The monoisotopic (exact) mass is 426 g/mol. The highest BCUT2D eigenvalue weighted by atomic mass is 16.4. The van der Waals surface area contributed by atoms with E-state index in [1.807, 2.05) is 30.3 Å². The van der Waals surface area contributed by atoms with Crippen molar-refractivity contribution < 1.29 is 24.9 Å². The summed E-state index contributed by atoms with van der Waals surface area (Å²) in [6.45, 7) is 2.08. The highest BCUT2D eigenvalue weighted by Gasteiger charge is 2.38. The van der Waals surface area contributed by atoms with Crippen LogP contribution in [0.2, 0.25) is 0 Å². The van der Waals surface area contributed by atoms with Crippen LogP contribution in [0.3, 0.4) is 0 Å². The molecular weight excluding hydrogens is 392 g/mol. The second-order valence-corrected chi connectivity index (χ2v) is 8.17. The molecule has 3 N–H and O–H groups in total. The molecule has 2 aromatic carbocycles. The van der Waals surface area contributed by atoms with Crippen molar-refractivity contribution in [2.45, 2.75) is 70.3 Å². The third-order valence-corrected chi connectivity index (χ3v) is 6.06. The van der Waals surface area contributed by atoms with E-state index in [1.165, 1.54) is 0 Å². The van der Waals surface area contributed by atoms with Crippen molar-refractivity contribution >= 4 is 11.9 Å². The molecule has 0 saturated heterocycles. The summed E-state index contributed by atoms with van der Waals surface area (Å²) in [5.74, 6) is -1.72. The molecule has 2 aromatic rings. The van der Waals surface area contributed by atoms with Crippen LogP contribution in [0, 0.1) is 5.92 Å². The number of carbonyl (C=O) groups is 2. The van der Waals surface area contributed by atoms with Crippen LogP contribution in [-0.4, -0.2) is 27.3 Å². The molecule has 0 aliphatic rings. The maximum absolute atomic E-state index is 12.0. The van der Waals surface area contributed by atoms with E-state index in [1.54, 1.807) is 24.3 Å². The van der Waals surface area contributed by atoms with Crippen LogP contribution >= 0.6 is 0 Å². The second-order valence-electron chi connectivity index (χ2n) is 8.17. The van der Waals surface area contributed by atoms with Gasteiger partial charge in [-0.3, -0.25) is 4.79 Å². The lowest BCUT2D eigenvalue weighted by Gasteiger charge is -2.37. The average Bonchev–Trinajstić information content (AvgIpc) is 2.78. The van der Waals surface area contributed by atoms with Gasteiger partial charge in [-0.1, -0.05) is 81.5 Å².